The molecule has 0 saturated carbocycles. The predicted molar refractivity (Wildman–Crippen MR) is 43.0 cm³/mol. The molecule has 0 atom stereocenters. The van der Waals surface area contributed by atoms with E-state index >= 15 is 0 Å². The summed E-state index contributed by atoms with van der Waals surface area (Å²) in [4.78, 5) is 11.9. The van der Waals surface area contributed by atoms with Crippen LogP contribution in [-0.4, -0.2) is 31.8 Å². The second-order valence-electron chi connectivity index (χ2n) is 2.51. The summed E-state index contributed by atoms with van der Waals surface area (Å²) in [6.45, 7) is 1.09. The molecule has 0 spiro atoms. The molecule has 10 heavy (non-hydrogen) atoms. The molecule has 0 aromatic carbocycles. The van der Waals surface area contributed by atoms with E-state index in [1.165, 1.54) is 0 Å². The topological polar surface area (TPSA) is 20.3 Å². The van der Waals surface area contributed by atoms with Crippen LogP contribution in [0.25, 0.3) is 0 Å². The first kappa shape index (κ1) is 9.37. The van der Waals surface area contributed by atoms with Crippen LogP contribution in [0.3, 0.4) is 0 Å². The van der Waals surface area contributed by atoms with Gasteiger partial charge in [-0.2, -0.15) is 0 Å². The third-order valence-electron chi connectivity index (χ3n) is 1.19. The minimum absolute atomic E-state index is 0.815. The highest BCUT2D eigenvalue weighted by Crippen LogP contribution is 1.90. The Bertz CT molecular complexity index is 108. The van der Waals surface area contributed by atoms with Crippen molar-refractivity contribution in [1.29, 1.82) is 0 Å². The number of unbranched alkanes of at least 4 members (excludes halogenated alkanes) is 1. The summed E-state index contributed by atoms with van der Waals surface area (Å²) in [5, 5.41) is 0. The average molecular weight is 141 g/mol. The Morgan fingerprint density at radius 3 is 2.60 bits per heavy atom. The Morgan fingerprint density at radius 2 is 2.10 bits per heavy atom. The smallest absolute Gasteiger partial charge is 0.142 e. The summed E-state index contributed by atoms with van der Waals surface area (Å²) in [6, 6.07) is 0. The molecule has 58 valence electrons. The first-order valence-electron chi connectivity index (χ1n) is 3.52. The zero-order valence-corrected chi connectivity index (χ0v) is 6.71. The molecule has 0 bridgehead atoms. The standard InChI is InChI=1S/C8H15NO/c1-9(2)7-5-3-4-6-8-10/h4,6,8H,3,5,7H2,1-2H3. The van der Waals surface area contributed by atoms with Crippen LogP contribution in [0.4, 0.5) is 0 Å². The Hall–Kier alpha value is -0.630. The summed E-state index contributed by atoms with van der Waals surface area (Å²) >= 11 is 0. The lowest BCUT2D eigenvalue weighted by Gasteiger charge is -2.06. The lowest BCUT2D eigenvalue weighted by atomic mass is 10.3. The predicted octanol–water partition coefficient (Wildman–Crippen LogP) is 1.08. The molecule has 0 aromatic rings. The maximum Gasteiger partial charge on any atom is 0.142 e. The van der Waals surface area contributed by atoms with Crippen LogP contribution in [0, 0.1) is 0 Å². The molecule has 2 nitrogen and oxygen atoms in total. The number of allylic oxidation sites excluding steroid dienone is 2. The van der Waals surface area contributed by atoms with Crippen LogP contribution < -0.4 is 0 Å². The van der Waals surface area contributed by atoms with E-state index in [0.29, 0.717) is 0 Å². The van der Waals surface area contributed by atoms with Crippen molar-refractivity contribution in [2.45, 2.75) is 12.8 Å². The Labute approximate surface area is 62.5 Å². The molecule has 0 rings (SSSR count). The van der Waals surface area contributed by atoms with E-state index in [9.17, 15) is 4.79 Å². The first-order chi connectivity index (χ1) is 4.77. The molecule has 0 saturated heterocycles. The molecule has 0 aliphatic heterocycles. The van der Waals surface area contributed by atoms with Gasteiger partial charge in [0, 0.05) is 0 Å². The SMILES string of the molecule is CN(C)CCCC=CC=O. The van der Waals surface area contributed by atoms with Gasteiger partial charge in [0.05, 0.1) is 0 Å². The summed E-state index contributed by atoms with van der Waals surface area (Å²) in [5.74, 6) is 0. The third-order valence-corrected chi connectivity index (χ3v) is 1.19. The Balaban J connectivity index is 3.04. The van der Waals surface area contributed by atoms with Gasteiger partial charge in [-0.1, -0.05) is 6.08 Å². The first-order valence-corrected chi connectivity index (χ1v) is 3.52. The highest BCUT2D eigenvalue weighted by atomic mass is 16.1. The monoisotopic (exact) mass is 141 g/mol. The van der Waals surface area contributed by atoms with Crippen LogP contribution >= 0.6 is 0 Å². The number of carbonyl (C=O) groups excluding carboxylic acids is 1. The molecule has 0 aromatic heterocycles. The highest BCUT2D eigenvalue weighted by Gasteiger charge is 1.86. The van der Waals surface area contributed by atoms with Gasteiger partial charge in [0.1, 0.15) is 6.29 Å². The van der Waals surface area contributed by atoms with Crippen LogP contribution in [-0.2, 0) is 4.79 Å². The lowest BCUT2D eigenvalue weighted by molar-refractivity contribution is -0.104. The molecule has 0 radical (unpaired) electrons. The third kappa shape index (κ3) is 7.37. The summed E-state index contributed by atoms with van der Waals surface area (Å²) < 4.78 is 0. The number of nitrogens with zero attached hydrogens (tertiary/aromatic N) is 1. The number of carbonyl (C=O) groups is 1. The molecular weight excluding hydrogens is 126 g/mol. The second kappa shape index (κ2) is 6.49. The van der Waals surface area contributed by atoms with Crippen molar-refractivity contribution >= 4 is 6.29 Å². The largest absolute Gasteiger partial charge is 0.309 e. The molecular formula is C8H15NO. The minimum atomic E-state index is 0.815. The van der Waals surface area contributed by atoms with Crippen molar-refractivity contribution in [2.75, 3.05) is 20.6 Å². The number of hydrogen-bond acceptors (Lipinski definition) is 2. The molecule has 2 heteroatoms. The number of aldehydes is 1. The average Bonchev–Trinajstić information content (AvgIpc) is 1.87. The van der Waals surface area contributed by atoms with Crippen molar-refractivity contribution in [3.63, 3.8) is 0 Å². The van der Waals surface area contributed by atoms with Crippen molar-refractivity contribution in [3.8, 4) is 0 Å². The van der Waals surface area contributed by atoms with E-state index in [-0.39, 0.29) is 0 Å². The van der Waals surface area contributed by atoms with E-state index in [4.69, 9.17) is 0 Å². The van der Waals surface area contributed by atoms with Crippen molar-refractivity contribution < 1.29 is 4.79 Å². The van der Waals surface area contributed by atoms with E-state index in [1.54, 1.807) is 6.08 Å². The van der Waals surface area contributed by atoms with Gasteiger partial charge in [0.15, 0.2) is 0 Å². The summed E-state index contributed by atoms with van der Waals surface area (Å²) in [5.41, 5.74) is 0. The molecule has 0 aliphatic rings. The van der Waals surface area contributed by atoms with Crippen LogP contribution in [0.5, 0.6) is 0 Å². The van der Waals surface area contributed by atoms with E-state index in [2.05, 4.69) is 4.90 Å². The zero-order chi connectivity index (χ0) is 7.82. The second-order valence-corrected chi connectivity index (χ2v) is 2.51. The van der Waals surface area contributed by atoms with Crippen LogP contribution in [0.1, 0.15) is 12.8 Å². The molecule has 0 heterocycles. The van der Waals surface area contributed by atoms with Gasteiger partial charge in [-0.25, -0.2) is 0 Å². The van der Waals surface area contributed by atoms with Gasteiger partial charge in [-0.3, -0.25) is 4.79 Å². The highest BCUT2D eigenvalue weighted by molar-refractivity contribution is 5.64. The number of hydrogen-bond donors (Lipinski definition) is 0. The van der Waals surface area contributed by atoms with Crippen molar-refractivity contribution in [3.05, 3.63) is 12.2 Å². The maximum atomic E-state index is 9.80. The fourth-order valence-electron chi connectivity index (χ4n) is 0.677. The van der Waals surface area contributed by atoms with E-state index < -0.39 is 0 Å². The molecule has 0 fully saturated rings. The van der Waals surface area contributed by atoms with Crippen molar-refractivity contribution in [2.24, 2.45) is 0 Å². The summed E-state index contributed by atoms with van der Waals surface area (Å²) in [6.07, 6.45) is 6.38. The minimum Gasteiger partial charge on any atom is -0.309 e. The quantitative estimate of drug-likeness (QED) is 0.324. The van der Waals surface area contributed by atoms with Gasteiger partial charge in [-0.15, -0.1) is 0 Å². The zero-order valence-electron chi connectivity index (χ0n) is 6.71. The van der Waals surface area contributed by atoms with Gasteiger partial charge in [0.2, 0.25) is 0 Å². The van der Waals surface area contributed by atoms with E-state index in [0.717, 1.165) is 25.7 Å². The Morgan fingerprint density at radius 1 is 1.40 bits per heavy atom. The van der Waals surface area contributed by atoms with Gasteiger partial charge >= 0.3 is 0 Å². The van der Waals surface area contributed by atoms with Gasteiger partial charge in [0.25, 0.3) is 0 Å². The molecule has 0 N–H and O–H groups in total. The number of rotatable bonds is 5. The molecule has 0 unspecified atom stereocenters. The van der Waals surface area contributed by atoms with Crippen LogP contribution in [0.2, 0.25) is 0 Å². The fourth-order valence-corrected chi connectivity index (χ4v) is 0.677. The van der Waals surface area contributed by atoms with Crippen LogP contribution in [0.15, 0.2) is 12.2 Å². The van der Waals surface area contributed by atoms with E-state index in [1.807, 2.05) is 20.2 Å². The molecule has 0 amide bonds. The Kier molecular flexibility index (Phi) is 6.08. The molecule has 0 aliphatic carbocycles. The maximum absolute atomic E-state index is 9.80. The fraction of sp³-hybridized carbons (Fsp3) is 0.625. The van der Waals surface area contributed by atoms with Crippen molar-refractivity contribution in [1.82, 2.24) is 4.90 Å². The summed E-state index contributed by atoms with van der Waals surface area (Å²) in [7, 11) is 4.09. The van der Waals surface area contributed by atoms with Gasteiger partial charge in [-0.05, 0) is 39.6 Å². The normalized spacial score (nSPS) is 11.1. The van der Waals surface area contributed by atoms with Gasteiger partial charge < -0.3 is 4.90 Å². The lowest BCUT2D eigenvalue weighted by Crippen LogP contribution is -2.12.